The Balaban J connectivity index is 1.66. The summed E-state index contributed by atoms with van der Waals surface area (Å²) in [7, 11) is 0. The number of rotatable bonds is 3. The molecule has 1 N–H and O–H groups in total. The molecule has 1 aromatic carbocycles. The van der Waals surface area contributed by atoms with E-state index >= 15 is 0 Å². The van der Waals surface area contributed by atoms with Crippen LogP contribution in [-0.2, 0) is 0 Å². The summed E-state index contributed by atoms with van der Waals surface area (Å²) in [6, 6.07) is 4.04. The monoisotopic (exact) mass is 295 g/mol. The van der Waals surface area contributed by atoms with Gasteiger partial charge >= 0.3 is 0 Å². The van der Waals surface area contributed by atoms with E-state index in [4.69, 9.17) is 11.6 Å². The van der Waals surface area contributed by atoms with Gasteiger partial charge in [-0.05, 0) is 62.1 Å². The molecular formula is C16H19ClFNO. The van der Waals surface area contributed by atoms with Crippen LogP contribution in [-0.4, -0.2) is 11.9 Å². The zero-order valence-corrected chi connectivity index (χ0v) is 12.3. The van der Waals surface area contributed by atoms with Gasteiger partial charge in [0.05, 0.1) is 10.6 Å². The average Bonchev–Trinajstić information content (AvgIpc) is 3.00. The Labute approximate surface area is 123 Å². The topological polar surface area (TPSA) is 29.1 Å². The molecule has 108 valence electrons. The molecule has 3 rings (SSSR count). The molecule has 1 aromatic rings. The van der Waals surface area contributed by atoms with Gasteiger partial charge < -0.3 is 5.32 Å². The summed E-state index contributed by atoms with van der Waals surface area (Å²) >= 11 is 5.93. The first-order chi connectivity index (χ1) is 9.54. The fourth-order valence-corrected chi connectivity index (χ4v) is 4.22. The maximum absolute atomic E-state index is 13.0. The summed E-state index contributed by atoms with van der Waals surface area (Å²) in [5.74, 6) is 1.58. The molecule has 0 radical (unpaired) electrons. The normalized spacial score (nSPS) is 29.4. The van der Waals surface area contributed by atoms with E-state index in [1.54, 1.807) is 0 Å². The Bertz CT molecular complexity index is 533. The van der Waals surface area contributed by atoms with Crippen LogP contribution in [0.15, 0.2) is 18.2 Å². The first-order valence-electron chi connectivity index (χ1n) is 7.30. The average molecular weight is 296 g/mol. The number of hydrogen-bond donors (Lipinski definition) is 1. The van der Waals surface area contributed by atoms with Crippen LogP contribution in [0.4, 0.5) is 4.39 Å². The predicted molar refractivity (Wildman–Crippen MR) is 77.3 cm³/mol. The van der Waals surface area contributed by atoms with E-state index in [9.17, 15) is 9.18 Å². The van der Waals surface area contributed by atoms with Gasteiger partial charge in [-0.1, -0.05) is 18.0 Å². The molecule has 1 amide bonds. The van der Waals surface area contributed by atoms with E-state index in [2.05, 4.69) is 12.2 Å². The van der Waals surface area contributed by atoms with Gasteiger partial charge in [0.25, 0.3) is 5.91 Å². The lowest BCUT2D eigenvalue weighted by atomic mass is 9.84. The Morgan fingerprint density at radius 1 is 1.40 bits per heavy atom. The number of halogens is 2. The Morgan fingerprint density at radius 3 is 2.80 bits per heavy atom. The van der Waals surface area contributed by atoms with E-state index in [-0.39, 0.29) is 17.0 Å². The largest absolute Gasteiger partial charge is 0.349 e. The van der Waals surface area contributed by atoms with Gasteiger partial charge in [0.1, 0.15) is 5.82 Å². The minimum Gasteiger partial charge on any atom is -0.349 e. The van der Waals surface area contributed by atoms with Crippen molar-refractivity contribution < 1.29 is 9.18 Å². The number of benzene rings is 1. The molecule has 2 saturated carbocycles. The van der Waals surface area contributed by atoms with E-state index in [1.807, 2.05) is 0 Å². The Morgan fingerprint density at radius 2 is 2.20 bits per heavy atom. The second-order valence-electron chi connectivity index (χ2n) is 6.23. The first-order valence-corrected chi connectivity index (χ1v) is 7.68. The molecule has 0 saturated heterocycles. The van der Waals surface area contributed by atoms with Gasteiger partial charge in [0.15, 0.2) is 0 Å². The van der Waals surface area contributed by atoms with Crippen LogP contribution in [0.1, 0.15) is 43.0 Å². The highest BCUT2D eigenvalue weighted by atomic mass is 35.5. The lowest BCUT2D eigenvalue weighted by Gasteiger charge is -2.28. The van der Waals surface area contributed by atoms with Crippen molar-refractivity contribution in [3.05, 3.63) is 34.6 Å². The number of carbonyl (C=O) groups is 1. The molecule has 2 bridgehead atoms. The third-order valence-electron chi connectivity index (χ3n) is 4.97. The third kappa shape index (κ3) is 2.56. The summed E-state index contributed by atoms with van der Waals surface area (Å²) in [5.41, 5.74) is 0.350. The fraction of sp³-hybridized carbons (Fsp3) is 0.562. The van der Waals surface area contributed by atoms with Crippen molar-refractivity contribution in [2.75, 3.05) is 0 Å². The van der Waals surface area contributed by atoms with Crippen molar-refractivity contribution >= 4 is 17.5 Å². The highest BCUT2D eigenvalue weighted by Crippen LogP contribution is 2.49. The maximum Gasteiger partial charge on any atom is 0.253 e. The maximum atomic E-state index is 13.0. The van der Waals surface area contributed by atoms with Crippen molar-refractivity contribution in [1.29, 1.82) is 0 Å². The van der Waals surface area contributed by atoms with E-state index in [0.717, 1.165) is 11.8 Å². The van der Waals surface area contributed by atoms with E-state index in [0.29, 0.717) is 11.5 Å². The van der Waals surface area contributed by atoms with Crippen LogP contribution < -0.4 is 5.32 Å². The highest BCUT2D eigenvalue weighted by Gasteiger charge is 2.42. The Kier molecular flexibility index (Phi) is 3.72. The summed E-state index contributed by atoms with van der Waals surface area (Å²) in [4.78, 5) is 12.2. The van der Waals surface area contributed by atoms with Crippen LogP contribution in [0.3, 0.4) is 0 Å². The minimum absolute atomic E-state index is 0.152. The molecule has 0 aliphatic heterocycles. The van der Waals surface area contributed by atoms with Crippen molar-refractivity contribution in [3.63, 3.8) is 0 Å². The molecule has 4 heteroatoms. The molecule has 2 aliphatic carbocycles. The van der Waals surface area contributed by atoms with Gasteiger partial charge in [0.2, 0.25) is 0 Å². The van der Waals surface area contributed by atoms with Crippen LogP contribution in [0.2, 0.25) is 5.02 Å². The van der Waals surface area contributed by atoms with Crippen LogP contribution >= 0.6 is 11.6 Å². The molecule has 2 nitrogen and oxygen atoms in total. The van der Waals surface area contributed by atoms with Gasteiger partial charge in [-0.3, -0.25) is 4.79 Å². The van der Waals surface area contributed by atoms with E-state index in [1.165, 1.54) is 43.9 Å². The number of nitrogens with one attached hydrogen (secondary N) is 1. The van der Waals surface area contributed by atoms with Crippen molar-refractivity contribution in [2.24, 2.45) is 17.8 Å². The van der Waals surface area contributed by atoms with Crippen LogP contribution in [0.5, 0.6) is 0 Å². The summed E-state index contributed by atoms with van der Waals surface area (Å²) in [5, 5.41) is 3.21. The van der Waals surface area contributed by atoms with Crippen molar-refractivity contribution in [1.82, 2.24) is 5.32 Å². The molecule has 20 heavy (non-hydrogen) atoms. The SMILES string of the molecule is C[C@@H](NC(=O)c1ccc(F)cc1Cl)[C@@H]1C[C@H]2CC[C@@H]1C2. The number of carbonyl (C=O) groups excluding carboxylic acids is 1. The molecule has 0 heterocycles. The molecule has 0 aromatic heterocycles. The van der Waals surface area contributed by atoms with Gasteiger partial charge in [0, 0.05) is 6.04 Å². The molecule has 4 atom stereocenters. The first kappa shape index (κ1) is 13.9. The van der Waals surface area contributed by atoms with Gasteiger partial charge in [-0.25, -0.2) is 4.39 Å². The Hall–Kier alpha value is -1.09. The third-order valence-corrected chi connectivity index (χ3v) is 5.28. The lowest BCUT2D eigenvalue weighted by Crippen LogP contribution is -2.40. The molecule has 2 fully saturated rings. The van der Waals surface area contributed by atoms with Crippen molar-refractivity contribution in [3.8, 4) is 0 Å². The van der Waals surface area contributed by atoms with Gasteiger partial charge in [-0.15, -0.1) is 0 Å². The number of amides is 1. The number of hydrogen-bond acceptors (Lipinski definition) is 1. The summed E-state index contributed by atoms with van der Waals surface area (Å²) in [6.45, 7) is 2.07. The highest BCUT2D eigenvalue weighted by molar-refractivity contribution is 6.33. The van der Waals surface area contributed by atoms with Crippen LogP contribution in [0, 0.1) is 23.6 Å². The minimum atomic E-state index is -0.423. The molecule has 2 aliphatic rings. The summed E-state index contributed by atoms with van der Waals surface area (Å²) < 4.78 is 13.0. The standard InChI is InChI=1S/C16H19ClFNO/c1-9(14-7-10-2-3-11(14)6-10)19-16(20)13-5-4-12(18)8-15(13)17/h4-5,8-11,14H,2-3,6-7H2,1H3,(H,19,20)/t9-,10+,11-,14+/m1/s1. The number of fused-ring (bicyclic) bond motifs is 2. The van der Waals surface area contributed by atoms with Crippen molar-refractivity contribution in [2.45, 2.75) is 38.6 Å². The lowest BCUT2D eigenvalue weighted by molar-refractivity contribution is 0.0915. The van der Waals surface area contributed by atoms with Crippen LogP contribution in [0.25, 0.3) is 0 Å². The van der Waals surface area contributed by atoms with E-state index < -0.39 is 5.82 Å². The second-order valence-corrected chi connectivity index (χ2v) is 6.63. The smallest absolute Gasteiger partial charge is 0.253 e. The molecular weight excluding hydrogens is 277 g/mol. The zero-order chi connectivity index (χ0) is 14.3. The molecule has 0 spiro atoms. The zero-order valence-electron chi connectivity index (χ0n) is 11.5. The fourth-order valence-electron chi connectivity index (χ4n) is 3.97. The predicted octanol–water partition coefficient (Wildman–Crippen LogP) is 4.03. The second kappa shape index (κ2) is 5.36. The van der Waals surface area contributed by atoms with Gasteiger partial charge in [-0.2, -0.15) is 0 Å². The molecule has 0 unspecified atom stereocenters. The summed E-state index contributed by atoms with van der Waals surface area (Å²) in [6.07, 6.45) is 5.20. The quantitative estimate of drug-likeness (QED) is 0.896.